The Labute approximate surface area is 124 Å². The van der Waals surface area contributed by atoms with Crippen LogP contribution in [-0.4, -0.2) is 52.6 Å². The number of likely N-dealkylation sites (tertiary alicyclic amines) is 1. The second kappa shape index (κ2) is 7.20. The monoisotopic (exact) mass is 300 g/mol. The second-order valence-corrected chi connectivity index (χ2v) is 6.98. The summed E-state index contributed by atoms with van der Waals surface area (Å²) < 4.78 is 0. The quantitative estimate of drug-likeness (QED) is 0.835. The maximum absolute atomic E-state index is 12.2. The molecule has 0 bridgehead atoms. The van der Waals surface area contributed by atoms with Gasteiger partial charge in [-0.05, 0) is 44.3 Å². The third kappa shape index (κ3) is 4.30. The smallest absolute Gasteiger partial charge is 0.317 e. The van der Waals surface area contributed by atoms with Crippen LogP contribution in [0.3, 0.4) is 0 Å². The summed E-state index contributed by atoms with van der Waals surface area (Å²) in [6.07, 6.45) is 7.30. The van der Waals surface area contributed by atoms with E-state index in [1.54, 1.807) is 0 Å². The number of aliphatic carboxylic acids is 1. The third-order valence-corrected chi connectivity index (χ3v) is 5.51. The summed E-state index contributed by atoms with van der Waals surface area (Å²) in [7, 11) is 0. The minimum absolute atomic E-state index is 0.0329. The Morgan fingerprint density at radius 1 is 1.25 bits per heavy atom. The van der Waals surface area contributed by atoms with Crippen molar-refractivity contribution in [2.45, 2.75) is 49.8 Å². The number of carboxylic acid groups (broad SMARTS) is 1. The Morgan fingerprint density at radius 2 is 1.95 bits per heavy atom. The highest BCUT2D eigenvalue weighted by Gasteiger charge is 2.28. The highest BCUT2D eigenvalue weighted by Crippen LogP contribution is 2.28. The first-order valence-electron chi connectivity index (χ1n) is 7.38. The molecule has 1 aliphatic carbocycles. The zero-order chi connectivity index (χ0) is 14.5. The number of hydrogen-bond donors (Lipinski definition) is 2. The number of nitrogens with one attached hydrogen (secondary N) is 1. The van der Waals surface area contributed by atoms with E-state index in [2.05, 4.69) is 11.6 Å². The molecule has 1 saturated carbocycles. The van der Waals surface area contributed by atoms with Gasteiger partial charge in [-0.15, -0.1) is 0 Å². The van der Waals surface area contributed by atoms with Crippen molar-refractivity contribution in [1.29, 1.82) is 0 Å². The van der Waals surface area contributed by atoms with Gasteiger partial charge in [-0.2, -0.15) is 11.8 Å². The fourth-order valence-corrected chi connectivity index (χ4v) is 3.93. The number of thioether (sulfide) groups is 1. The molecule has 2 fully saturated rings. The molecule has 1 aliphatic heterocycles. The van der Waals surface area contributed by atoms with Crippen LogP contribution < -0.4 is 5.32 Å². The molecule has 6 heteroatoms. The normalized spacial score (nSPS) is 27.6. The van der Waals surface area contributed by atoms with Gasteiger partial charge in [0.15, 0.2) is 0 Å². The van der Waals surface area contributed by atoms with Gasteiger partial charge < -0.3 is 15.3 Å². The maximum atomic E-state index is 12.2. The number of piperidine rings is 1. The van der Waals surface area contributed by atoms with Crippen LogP contribution in [0.1, 0.15) is 38.5 Å². The molecule has 0 spiro atoms. The molecule has 2 rings (SSSR count). The van der Waals surface area contributed by atoms with Crippen LogP contribution in [0.25, 0.3) is 0 Å². The average Bonchev–Trinajstić information content (AvgIpc) is 2.86. The molecule has 0 aromatic heterocycles. The summed E-state index contributed by atoms with van der Waals surface area (Å²) in [5.74, 6) is -0.508. The van der Waals surface area contributed by atoms with E-state index in [0.717, 1.165) is 25.7 Å². The van der Waals surface area contributed by atoms with E-state index in [1.165, 1.54) is 6.42 Å². The predicted octanol–water partition coefficient (Wildman–Crippen LogP) is 2.17. The molecule has 0 aromatic carbocycles. The lowest BCUT2D eigenvalue weighted by Crippen LogP contribution is -2.47. The molecular formula is C14H24N2O3S. The number of amides is 2. The van der Waals surface area contributed by atoms with Crippen molar-refractivity contribution in [3.8, 4) is 0 Å². The molecule has 2 amide bonds. The van der Waals surface area contributed by atoms with E-state index in [9.17, 15) is 9.59 Å². The first-order valence-corrected chi connectivity index (χ1v) is 8.67. The number of carboxylic acids is 1. The van der Waals surface area contributed by atoms with E-state index in [4.69, 9.17) is 5.11 Å². The number of hydrogen-bond acceptors (Lipinski definition) is 3. The van der Waals surface area contributed by atoms with Gasteiger partial charge in [-0.3, -0.25) is 4.79 Å². The van der Waals surface area contributed by atoms with E-state index < -0.39 is 5.97 Å². The Bertz CT molecular complexity index is 356. The summed E-state index contributed by atoms with van der Waals surface area (Å²) in [5, 5.41) is 12.6. The van der Waals surface area contributed by atoms with Crippen LogP contribution in [0.5, 0.6) is 0 Å². The number of carbonyl (C=O) groups excluding carboxylic acids is 1. The van der Waals surface area contributed by atoms with Crippen molar-refractivity contribution >= 4 is 23.8 Å². The molecule has 1 saturated heterocycles. The molecule has 0 radical (unpaired) electrons. The average molecular weight is 300 g/mol. The number of nitrogens with zero attached hydrogens (tertiary/aromatic N) is 1. The van der Waals surface area contributed by atoms with Crippen LogP contribution in [0.2, 0.25) is 0 Å². The Balaban J connectivity index is 1.71. The van der Waals surface area contributed by atoms with Gasteiger partial charge >= 0.3 is 12.0 Å². The minimum Gasteiger partial charge on any atom is -0.481 e. The summed E-state index contributed by atoms with van der Waals surface area (Å²) in [6.45, 7) is 1.37. The molecule has 5 nitrogen and oxygen atoms in total. The van der Waals surface area contributed by atoms with E-state index in [0.29, 0.717) is 24.4 Å². The number of rotatable bonds is 4. The van der Waals surface area contributed by atoms with E-state index >= 15 is 0 Å². The lowest BCUT2D eigenvalue weighted by atomic mass is 9.94. The minimum atomic E-state index is -0.734. The molecule has 1 heterocycles. The van der Waals surface area contributed by atoms with Crippen molar-refractivity contribution < 1.29 is 14.7 Å². The van der Waals surface area contributed by atoms with Crippen molar-refractivity contribution in [1.82, 2.24) is 10.2 Å². The second-order valence-electron chi connectivity index (χ2n) is 5.85. The standard InChI is InChI=1S/C14H24N2O3S/c1-20-12-3-2-11(9-12)15-14(19)16-6-4-10(5-7-16)8-13(17)18/h10-12H,2-9H2,1H3,(H,15,19)(H,17,18). The van der Waals surface area contributed by atoms with Crippen molar-refractivity contribution in [3.63, 3.8) is 0 Å². The molecule has 2 aliphatic rings. The van der Waals surface area contributed by atoms with Gasteiger partial charge in [0.25, 0.3) is 0 Å². The van der Waals surface area contributed by atoms with Crippen molar-refractivity contribution in [2.24, 2.45) is 5.92 Å². The van der Waals surface area contributed by atoms with Crippen LogP contribution >= 0.6 is 11.8 Å². The van der Waals surface area contributed by atoms with Crippen LogP contribution in [0.4, 0.5) is 4.79 Å². The topological polar surface area (TPSA) is 69.6 Å². The van der Waals surface area contributed by atoms with Crippen LogP contribution in [0, 0.1) is 5.92 Å². The Hall–Kier alpha value is -0.910. The zero-order valence-electron chi connectivity index (χ0n) is 12.0. The summed E-state index contributed by atoms with van der Waals surface area (Å²) in [4.78, 5) is 24.7. The molecule has 2 atom stereocenters. The summed E-state index contributed by atoms with van der Waals surface area (Å²) in [5.41, 5.74) is 0. The van der Waals surface area contributed by atoms with E-state index in [-0.39, 0.29) is 18.4 Å². The van der Waals surface area contributed by atoms with Crippen LogP contribution in [-0.2, 0) is 4.79 Å². The number of urea groups is 1. The van der Waals surface area contributed by atoms with Crippen LogP contribution in [0.15, 0.2) is 0 Å². The highest BCUT2D eigenvalue weighted by molar-refractivity contribution is 7.99. The summed E-state index contributed by atoms with van der Waals surface area (Å²) in [6, 6.07) is 0.349. The highest BCUT2D eigenvalue weighted by atomic mass is 32.2. The summed E-state index contributed by atoms with van der Waals surface area (Å²) >= 11 is 1.88. The van der Waals surface area contributed by atoms with Gasteiger partial charge in [0.2, 0.25) is 0 Å². The number of carbonyl (C=O) groups is 2. The van der Waals surface area contributed by atoms with Gasteiger partial charge in [0.1, 0.15) is 0 Å². The largest absolute Gasteiger partial charge is 0.481 e. The molecule has 2 unspecified atom stereocenters. The van der Waals surface area contributed by atoms with E-state index in [1.807, 2.05) is 16.7 Å². The third-order valence-electron chi connectivity index (χ3n) is 4.41. The first-order chi connectivity index (χ1) is 9.58. The Morgan fingerprint density at radius 3 is 2.50 bits per heavy atom. The molecule has 20 heavy (non-hydrogen) atoms. The SMILES string of the molecule is CSC1CCC(NC(=O)N2CCC(CC(=O)O)CC2)C1. The van der Waals surface area contributed by atoms with Gasteiger partial charge in [-0.25, -0.2) is 4.79 Å². The van der Waals surface area contributed by atoms with Crippen molar-refractivity contribution in [2.75, 3.05) is 19.3 Å². The lowest BCUT2D eigenvalue weighted by molar-refractivity contribution is -0.138. The molecule has 0 aromatic rings. The maximum Gasteiger partial charge on any atom is 0.317 e. The van der Waals surface area contributed by atoms with Crippen molar-refractivity contribution in [3.05, 3.63) is 0 Å². The van der Waals surface area contributed by atoms with Gasteiger partial charge in [-0.1, -0.05) is 0 Å². The fraction of sp³-hybridized carbons (Fsp3) is 0.857. The Kier molecular flexibility index (Phi) is 5.57. The first kappa shape index (κ1) is 15.5. The lowest BCUT2D eigenvalue weighted by Gasteiger charge is -2.32. The molecular weight excluding hydrogens is 276 g/mol. The zero-order valence-corrected chi connectivity index (χ0v) is 12.8. The fourth-order valence-electron chi connectivity index (χ4n) is 3.14. The molecule has 114 valence electrons. The molecule has 2 N–H and O–H groups in total. The van der Waals surface area contributed by atoms with Gasteiger partial charge in [0.05, 0.1) is 0 Å². The van der Waals surface area contributed by atoms with Gasteiger partial charge in [0, 0.05) is 30.8 Å². The predicted molar refractivity (Wildman–Crippen MR) is 80.0 cm³/mol.